The Morgan fingerprint density at radius 3 is 2.10 bits per heavy atom. The predicted molar refractivity (Wildman–Crippen MR) is 117 cm³/mol. The summed E-state index contributed by atoms with van der Waals surface area (Å²) in [6, 6.07) is 31.9. The normalized spacial score (nSPS) is 10.4. The van der Waals surface area contributed by atoms with Crippen LogP contribution in [0.2, 0.25) is 0 Å². The third-order valence-corrected chi connectivity index (χ3v) is 4.55. The molecule has 0 unspecified atom stereocenters. The highest BCUT2D eigenvalue weighted by Gasteiger charge is 2.01. The van der Waals surface area contributed by atoms with Gasteiger partial charge in [0.1, 0.15) is 29.7 Å². The molecule has 0 saturated heterocycles. The number of hydrogen-bond donors (Lipinski definition) is 1. The molecule has 0 radical (unpaired) electrons. The Labute approximate surface area is 175 Å². The minimum Gasteiger partial charge on any atom is -0.489 e. The van der Waals surface area contributed by atoms with Crippen molar-refractivity contribution in [2.75, 3.05) is 5.32 Å². The molecule has 0 fully saturated rings. The molecule has 1 N–H and O–H groups in total. The van der Waals surface area contributed by atoms with Crippen molar-refractivity contribution >= 4 is 5.69 Å². The molecule has 4 aromatic rings. The van der Waals surface area contributed by atoms with Gasteiger partial charge in [-0.25, -0.2) is 4.39 Å². The summed E-state index contributed by atoms with van der Waals surface area (Å²) in [4.78, 5) is 0. The Kier molecular flexibility index (Phi) is 6.25. The van der Waals surface area contributed by atoms with Crippen LogP contribution in [-0.4, -0.2) is 0 Å². The molecule has 3 nitrogen and oxygen atoms in total. The largest absolute Gasteiger partial charge is 0.489 e. The summed E-state index contributed by atoms with van der Waals surface area (Å²) in [6.45, 7) is 1.08. The van der Waals surface area contributed by atoms with E-state index in [-0.39, 0.29) is 5.82 Å². The molecule has 0 saturated carbocycles. The van der Waals surface area contributed by atoms with E-state index in [9.17, 15) is 4.39 Å². The average molecular weight is 399 g/mol. The van der Waals surface area contributed by atoms with Crippen molar-refractivity contribution < 1.29 is 13.9 Å². The molecule has 0 aliphatic carbocycles. The summed E-state index contributed by atoms with van der Waals surface area (Å²) in [7, 11) is 0. The molecule has 0 amide bonds. The number of anilines is 1. The van der Waals surface area contributed by atoms with Crippen molar-refractivity contribution in [3.05, 3.63) is 120 Å². The fourth-order valence-electron chi connectivity index (χ4n) is 2.96. The van der Waals surface area contributed by atoms with Gasteiger partial charge in [0, 0.05) is 12.2 Å². The van der Waals surface area contributed by atoms with Crippen LogP contribution >= 0.6 is 0 Å². The molecule has 150 valence electrons. The number of hydrogen-bond acceptors (Lipinski definition) is 3. The molecule has 4 aromatic carbocycles. The lowest BCUT2D eigenvalue weighted by molar-refractivity contribution is 0.306. The minimum atomic E-state index is -0.244. The van der Waals surface area contributed by atoms with Crippen LogP contribution in [0, 0.1) is 5.82 Å². The van der Waals surface area contributed by atoms with Crippen LogP contribution in [0.5, 0.6) is 17.2 Å². The van der Waals surface area contributed by atoms with Crippen molar-refractivity contribution in [2.45, 2.75) is 13.2 Å². The fourth-order valence-corrected chi connectivity index (χ4v) is 2.96. The summed E-state index contributed by atoms with van der Waals surface area (Å²) in [6.07, 6.45) is 0. The molecule has 30 heavy (non-hydrogen) atoms. The molecule has 0 heterocycles. The second-order valence-corrected chi connectivity index (χ2v) is 6.86. The second kappa shape index (κ2) is 9.61. The van der Waals surface area contributed by atoms with E-state index in [0.29, 0.717) is 13.2 Å². The lowest BCUT2D eigenvalue weighted by Crippen LogP contribution is -2.00. The van der Waals surface area contributed by atoms with Gasteiger partial charge in [0.2, 0.25) is 0 Å². The van der Waals surface area contributed by atoms with Crippen LogP contribution < -0.4 is 14.8 Å². The molecule has 4 heteroatoms. The van der Waals surface area contributed by atoms with Crippen molar-refractivity contribution in [3.63, 3.8) is 0 Å². The van der Waals surface area contributed by atoms with Crippen LogP contribution in [0.4, 0.5) is 10.1 Å². The summed E-state index contributed by atoms with van der Waals surface area (Å²) >= 11 is 0. The molecule has 0 atom stereocenters. The van der Waals surface area contributed by atoms with Crippen LogP contribution in [0.1, 0.15) is 11.1 Å². The summed E-state index contributed by atoms with van der Waals surface area (Å²) < 4.78 is 24.6. The maximum atomic E-state index is 13.0. The standard InChI is InChI=1S/C26H22FNO2/c27-22-11-9-20(10-12-22)19-29-26-8-4-5-21(17-26)18-28-23-13-15-25(16-14-23)30-24-6-2-1-3-7-24/h1-17,28H,18-19H2. The SMILES string of the molecule is Fc1ccc(COc2cccc(CNc3ccc(Oc4ccccc4)cc3)c2)cc1. The van der Waals surface area contributed by atoms with Crippen molar-refractivity contribution in [1.29, 1.82) is 0 Å². The highest BCUT2D eigenvalue weighted by atomic mass is 19.1. The van der Waals surface area contributed by atoms with Gasteiger partial charge in [0.25, 0.3) is 0 Å². The first-order valence-electron chi connectivity index (χ1n) is 9.78. The maximum Gasteiger partial charge on any atom is 0.127 e. The van der Waals surface area contributed by atoms with Gasteiger partial charge >= 0.3 is 0 Å². The number of nitrogens with one attached hydrogen (secondary N) is 1. The maximum absolute atomic E-state index is 13.0. The Hall–Kier alpha value is -3.79. The molecule has 0 aliphatic heterocycles. The van der Waals surface area contributed by atoms with E-state index in [1.54, 1.807) is 12.1 Å². The minimum absolute atomic E-state index is 0.244. The molecule has 0 spiro atoms. The fraction of sp³-hybridized carbons (Fsp3) is 0.0769. The molecular formula is C26H22FNO2. The molecule has 0 aromatic heterocycles. The van der Waals surface area contributed by atoms with Gasteiger partial charge in [-0.05, 0) is 71.8 Å². The van der Waals surface area contributed by atoms with E-state index in [2.05, 4.69) is 5.32 Å². The first kappa shape index (κ1) is 19.5. The third kappa shape index (κ3) is 5.61. The quantitative estimate of drug-likeness (QED) is 0.353. The van der Waals surface area contributed by atoms with E-state index in [4.69, 9.17) is 9.47 Å². The Morgan fingerprint density at radius 1 is 0.633 bits per heavy atom. The van der Waals surface area contributed by atoms with E-state index < -0.39 is 0 Å². The highest BCUT2D eigenvalue weighted by Crippen LogP contribution is 2.23. The van der Waals surface area contributed by atoms with Crippen molar-refractivity contribution in [2.24, 2.45) is 0 Å². The smallest absolute Gasteiger partial charge is 0.127 e. The zero-order chi connectivity index (χ0) is 20.6. The number of benzene rings is 4. The van der Waals surface area contributed by atoms with Gasteiger partial charge in [-0.3, -0.25) is 0 Å². The van der Waals surface area contributed by atoms with E-state index >= 15 is 0 Å². The number of para-hydroxylation sites is 1. The Bertz CT molecular complexity index is 1060. The monoisotopic (exact) mass is 399 g/mol. The lowest BCUT2D eigenvalue weighted by atomic mass is 10.2. The highest BCUT2D eigenvalue weighted by molar-refractivity contribution is 5.48. The van der Waals surface area contributed by atoms with Crippen molar-refractivity contribution in [1.82, 2.24) is 0 Å². The zero-order valence-electron chi connectivity index (χ0n) is 16.4. The summed E-state index contributed by atoms with van der Waals surface area (Å²) in [5.74, 6) is 2.15. The lowest BCUT2D eigenvalue weighted by Gasteiger charge is -2.11. The van der Waals surface area contributed by atoms with E-state index in [1.807, 2.05) is 78.9 Å². The van der Waals surface area contributed by atoms with Crippen LogP contribution in [0.15, 0.2) is 103 Å². The summed E-state index contributed by atoms with van der Waals surface area (Å²) in [5, 5.41) is 3.41. The first-order chi connectivity index (χ1) is 14.7. The van der Waals surface area contributed by atoms with Gasteiger partial charge in [-0.15, -0.1) is 0 Å². The van der Waals surface area contributed by atoms with Crippen molar-refractivity contribution in [3.8, 4) is 17.2 Å². The third-order valence-electron chi connectivity index (χ3n) is 4.55. The number of rotatable bonds is 8. The Balaban J connectivity index is 1.30. The van der Waals surface area contributed by atoms with Crippen LogP contribution in [0.3, 0.4) is 0 Å². The molecule has 0 aliphatic rings. The van der Waals surface area contributed by atoms with Crippen LogP contribution in [0.25, 0.3) is 0 Å². The topological polar surface area (TPSA) is 30.5 Å². The van der Waals surface area contributed by atoms with Gasteiger partial charge in [0.05, 0.1) is 0 Å². The predicted octanol–water partition coefficient (Wildman–Crippen LogP) is 6.81. The summed E-state index contributed by atoms with van der Waals surface area (Å²) in [5.41, 5.74) is 3.04. The first-order valence-corrected chi connectivity index (χ1v) is 9.78. The zero-order valence-corrected chi connectivity index (χ0v) is 16.4. The van der Waals surface area contributed by atoms with Gasteiger partial charge in [-0.1, -0.05) is 42.5 Å². The molecule has 4 rings (SSSR count). The second-order valence-electron chi connectivity index (χ2n) is 6.86. The van der Waals surface area contributed by atoms with E-state index in [1.165, 1.54) is 12.1 Å². The average Bonchev–Trinajstić information content (AvgIpc) is 2.79. The van der Waals surface area contributed by atoms with E-state index in [0.717, 1.165) is 34.1 Å². The molecule has 0 bridgehead atoms. The number of halogens is 1. The van der Waals surface area contributed by atoms with Gasteiger partial charge in [-0.2, -0.15) is 0 Å². The number of ether oxygens (including phenoxy) is 2. The van der Waals surface area contributed by atoms with Crippen LogP contribution in [-0.2, 0) is 13.2 Å². The Morgan fingerprint density at radius 2 is 1.33 bits per heavy atom. The molecular weight excluding hydrogens is 377 g/mol. The van der Waals surface area contributed by atoms with Gasteiger partial charge < -0.3 is 14.8 Å². The van der Waals surface area contributed by atoms with Gasteiger partial charge in [0.15, 0.2) is 0 Å².